The quantitative estimate of drug-likeness (QED) is 0.149. The third kappa shape index (κ3) is 7.96. The van der Waals surface area contributed by atoms with Gasteiger partial charge in [0.15, 0.2) is 0 Å². The fraction of sp³-hybridized carbons (Fsp3) is 0.529. The average molecular weight is 602 g/mol. The van der Waals surface area contributed by atoms with Crippen LogP contribution in [0.25, 0.3) is 21.8 Å². The van der Waals surface area contributed by atoms with E-state index in [1.165, 1.54) is 12.1 Å². The highest BCUT2D eigenvalue weighted by molar-refractivity contribution is 6.06. The normalized spacial score (nSPS) is 15.7. The molecule has 3 N–H and O–H groups in total. The molecular weight excluding hydrogens is 554 g/mol. The number of alkyl carbamates (subject to hydrolysis) is 1. The summed E-state index contributed by atoms with van der Waals surface area (Å²) >= 11 is 0. The summed E-state index contributed by atoms with van der Waals surface area (Å²) in [4.78, 5) is 35.4. The number of carbonyl (C=O) groups excluding carboxylic acids is 2. The van der Waals surface area contributed by atoms with E-state index in [1.54, 1.807) is 0 Å². The van der Waals surface area contributed by atoms with Crippen LogP contribution in [0.3, 0.4) is 0 Å². The van der Waals surface area contributed by atoms with Crippen LogP contribution < -0.4 is 10.6 Å². The molecule has 1 aliphatic rings. The number of aryl methyl sites for hydroxylation is 2. The molecule has 4 heterocycles. The van der Waals surface area contributed by atoms with Crippen LogP contribution in [-0.4, -0.2) is 62.4 Å². The highest BCUT2D eigenvalue weighted by Gasteiger charge is 2.24. The van der Waals surface area contributed by atoms with Crippen molar-refractivity contribution in [2.45, 2.75) is 97.2 Å². The highest BCUT2D eigenvalue weighted by atomic mass is 16.6. The number of anilines is 1. The molecule has 0 bridgehead atoms. The van der Waals surface area contributed by atoms with Gasteiger partial charge in [0.2, 0.25) is 0 Å². The maximum Gasteiger partial charge on any atom is 0.407 e. The summed E-state index contributed by atoms with van der Waals surface area (Å²) in [6.07, 6.45) is 10.2. The number of hydrogen-bond donors (Lipinski definition) is 3. The summed E-state index contributed by atoms with van der Waals surface area (Å²) in [6, 6.07) is 10.3. The van der Waals surface area contributed by atoms with E-state index in [1.807, 2.05) is 62.8 Å². The number of aromatic amines is 1. The first-order valence-electron chi connectivity index (χ1n) is 16.0. The Kier molecular flexibility index (Phi) is 9.88. The molecule has 44 heavy (non-hydrogen) atoms. The zero-order valence-electron chi connectivity index (χ0n) is 26.8. The number of aromatic nitrogens is 4. The molecule has 10 heteroatoms. The van der Waals surface area contributed by atoms with E-state index in [0.29, 0.717) is 24.0 Å². The van der Waals surface area contributed by atoms with Crippen molar-refractivity contribution in [3.63, 3.8) is 0 Å². The molecule has 4 aromatic rings. The summed E-state index contributed by atoms with van der Waals surface area (Å²) < 4.78 is 7.29. The molecule has 1 aromatic carbocycles. The van der Waals surface area contributed by atoms with Crippen molar-refractivity contribution < 1.29 is 14.3 Å². The fourth-order valence-corrected chi connectivity index (χ4v) is 6.04. The number of nitrogens with one attached hydrogen (secondary N) is 3. The Balaban J connectivity index is 1.11. The van der Waals surface area contributed by atoms with E-state index in [0.717, 1.165) is 85.5 Å². The number of nitrogens with zero attached hydrogens (tertiary/aromatic N) is 4. The number of fused-ring (bicyclic) bond motifs is 2. The number of unbranched alkanes of at least 4 members (excludes halogenated alkanes) is 5. The van der Waals surface area contributed by atoms with Crippen molar-refractivity contribution >= 4 is 39.6 Å². The van der Waals surface area contributed by atoms with E-state index in [2.05, 4.69) is 38.6 Å². The second-order valence-corrected chi connectivity index (χ2v) is 13.1. The van der Waals surface area contributed by atoms with Crippen LogP contribution in [-0.2, 0) is 11.3 Å². The van der Waals surface area contributed by atoms with Crippen molar-refractivity contribution in [3.8, 4) is 0 Å². The minimum Gasteiger partial charge on any atom is -0.444 e. The molecule has 10 nitrogen and oxygen atoms in total. The molecule has 1 fully saturated rings. The molecule has 0 spiro atoms. The Labute approximate surface area is 259 Å². The van der Waals surface area contributed by atoms with Crippen LogP contribution in [0.15, 0.2) is 36.5 Å². The lowest BCUT2D eigenvalue weighted by Crippen LogP contribution is -2.32. The van der Waals surface area contributed by atoms with Gasteiger partial charge in [0.1, 0.15) is 11.4 Å². The van der Waals surface area contributed by atoms with Gasteiger partial charge in [-0.15, -0.1) is 0 Å². The van der Waals surface area contributed by atoms with E-state index in [-0.39, 0.29) is 12.0 Å². The van der Waals surface area contributed by atoms with E-state index < -0.39 is 5.60 Å². The monoisotopic (exact) mass is 601 g/mol. The minimum absolute atomic E-state index is 0.187. The predicted molar refractivity (Wildman–Crippen MR) is 175 cm³/mol. The Morgan fingerprint density at radius 3 is 2.59 bits per heavy atom. The number of likely N-dealkylation sites (tertiary alicyclic amines) is 1. The second-order valence-electron chi connectivity index (χ2n) is 13.1. The van der Waals surface area contributed by atoms with Gasteiger partial charge >= 0.3 is 6.09 Å². The number of amides is 2. The first-order valence-corrected chi connectivity index (χ1v) is 16.0. The third-order valence-corrected chi connectivity index (χ3v) is 8.31. The summed E-state index contributed by atoms with van der Waals surface area (Å²) in [6.45, 7) is 10.2. The molecule has 1 aliphatic heterocycles. The lowest BCUT2D eigenvalue weighted by Gasteiger charge is -2.19. The topological polar surface area (TPSA) is 117 Å². The molecule has 0 radical (unpaired) electrons. The van der Waals surface area contributed by atoms with Crippen LogP contribution in [0.5, 0.6) is 0 Å². The molecular formula is C34H47N7O3. The lowest BCUT2D eigenvalue weighted by atomic mass is 10.1. The van der Waals surface area contributed by atoms with Gasteiger partial charge in [-0.2, -0.15) is 5.10 Å². The van der Waals surface area contributed by atoms with Crippen molar-refractivity contribution in [2.24, 2.45) is 0 Å². The van der Waals surface area contributed by atoms with Gasteiger partial charge in [0, 0.05) is 53.4 Å². The molecule has 0 aliphatic carbocycles. The molecule has 2 amide bonds. The molecule has 1 saturated heterocycles. The van der Waals surface area contributed by atoms with E-state index >= 15 is 0 Å². The van der Waals surface area contributed by atoms with Crippen molar-refractivity contribution in [1.82, 2.24) is 30.0 Å². The lowest BCUT2D eigenvalue weighted by molar-refractivity contribution is 0.0526. The standard InChI is InChI=1S/C34H47N7O3/c1-23-26-15-14-24(32(42)38-31-21-27-25(22-36-31)19-28(37-27)29-13-12-17-40(29)5)20-30(26)41(39-23)18-11-9-7-6-8-10-16-35-33(43)44-34(2,3)4/h14-15,19-22,29,37H,6-13,16-18H2,1-5H3,(H,35,43)(H,36,38,42)/t29-/m1/s1. The number of rotatable bonds is 12. The molecule has 5 rings (SSSR count). The number of hydrogen-bond acceptors (Lipinski definition) is 6. The maximum absolute atomic E-state index is 13.2. The molecule has 1 atom stereocenters. The third-order valence-electron chi connectivity index (χ3n) is 8.31. The van der Waals surface area contributed by atoms with Crippen LogP contribution in [0.2, 0.25) is 0 Å². The van der Waals surface area contributed by atoms with Crippen LogP contribution in [0.1, 0.15) is 99.9 Å². The molecule has 0 saturated carbocycles. The summed E-state index contributed by atoms with van der Waals surface area (Å²) in [5.74, 6) is 0.341. The average Bonchev–Trinajstić information content (AvgIpc) is 3.67. The van der Waals surface area contributed by atoms with Gasteiger partial charge in [-0.05, 0) is 85.2 Å². The van der Waals surface area contributed by atoms with E-state index in [4.69, 9.17) is 9.84 Å². The largest absolute Gasteiger partial charge is 0.444 e. The number of H-pyrrole nitrogens is 1. The van der Waals surface area contributed by atoms with E-state index in [9.17, 15) is 9.59 Å². The predicted octanol–water partition coefficient (Wildman–Crippen LogP) is 7.11. The Morgan fingerprint density at radius 1 is 1.07 bits per heavy atom. The second kappa shape index (κ2) is 13.8. The van der Waals surface area contributed by atoms with Crippen molar-refractivity contribution in [1.29, 1.82) is 0 Å². The maximum atomic E-state index is 13.2. The SMILES string of the molecule is Cc1nn(CCCCCCCCNC(=O)OC(C)(C)C)c2cc(C(=O)Nc3cc4[nH]c([C@H]5CCCN5C)cc4cn3)ccc12. The van der Waals surface area contributed by atoms with Crippen LogP contribution in [0, 0.1) is 6.92 Å². The number of pyridine rings is 1. The fourth-order valence-electron chi connectivity index (χ4n) is 6.04. The Hall–Kier alpha value is -3.92. The summed E-state index contributed by atoms with van der Waals surface area (Å²) in [5, 5.41) is 12.7. The smallest absolute Gasteiger partial charge is 0.407 e. The van der Waals surface area contributed by atoms with Gasteiger partial charge < -0.3 is 20.4 Å². The minimum atomic E-state index is -0.469. The molecule has 236 valence electrons. The highest BCUT2D eigenvalue weighted by Crippen LogP contribution is 2.32. The van der Waals surface area contributed by atoms with Crippen molar-refractivity contribution in [2.75, 3.05) is 25.5 Å². The first-order chi connectivity index (χ1) is 21.1. The van der Waals surface area contributed by atoms with Crippen molar-refractivity contribution in [3.05, 3.63) is 53.5 Å². The van der Waals surface area contributed by atoms with Gasteiger partial charge in [0.25, 0.3) is 5.91 Å². The number of carbonyl (C=O) groups is 2. The van der Waals surface area contributed by atoms with Gasteiger partial charge in [0.05, 0.1) is 16.7 Å². The van der Waals surface area contributed by atoms with Crippen LogP contribution in [0.4, 0.5) is 10.6 Å². The number of benzene rings is 1. The molecule has 0 unspecified atom stereocenters. The first kappa shape index (κ1) is 31.5. The van der Waals surface area contributed by atoms with Gasteiger partial charge in [-0.25, -0.2) is 9.78 Å². The Bertz CT molecular complexity index is 1600. The van der Waals surface area contributed by atoms with Gasteiger partial charge in [-0.1, -0.05) is 31.7 Å². The van der Waals surface area contributed by atoms with Gasteiger partial charge in [-0.3, -0.25) is 14.4 Å². The Morgan fingerprint density at radius 2 is 1.84 bits per heavy atom. The zero-order chi connectivity index (χ0) is 31.3. The summed E-state index contributed by atoms with van der Waals surface area (Å²) in [5.41, 5.74) is 4.23. The number of ether oxygens (including phenoxy) is 1. The zero-order valence-corrected chi connectivity index (χ0v) is 26.8. The summed E-state index contributed by atoms with van der Waals surface area (Å²) in [7, 11) is 2.16. The van der Waals surface area contributed by atoms with Crippen LogP contribution >= 0.6 is 0 Å². The molecule has 3 aromatic heterocycles.